The Labute approximate surface area is 108 Å². The van der Waals surface area contributed by atoms with Crippen LogP contribution >= 0.6 is 11.3 Å². The van der Waals surface area contributed by atoms with Crippen molar-refractivity contribution in [1.82, 2.24) is 5.32 Å². The highest BCUT2D eigenvalue weighted by Gasteiger charge is 2.08. The van der Waals surface area contributed by atoms with E-state index < -0.39 is 0 Å². The zero-order valence-corrected chi connectivity index (χ0v) is 11.8. The summed E-state index contributed by atoms with van der Waals surface area (Å²) in [6, 6.07) is 2.38. The van der Waals surface area contributed by atoms with Crippen LogP contribution in [0.25, 0.3) is 0 Å². The molecule has 17 heavy (non-hydrogen) atoms. The molecule has 1 heterocycles. The van der Waals surface area contributed by atoms with Crippen molar-refractivity contribution in [1.29, 1.82) is 0 Å². The molecule has 0 saturated carbocycles. The minimum Gasteiger partial charge on any atom is -0.354 e. The summed E-state index contributed by atoms with van der Waals surface area (Å²) in [7, 11) is 0. The molecule has 3 heteroatoms. The van der Waals surface area contributed by atoms with Gasteiger partial charge in [-0.3, -0.25) is 4.79 Å². The van der Waals surface area contributed by atoms with Gasteiger partial charge in [0.25, 0.3) is 0 Å². The summed E-state index contributed by atoms with van der Waals surface area (Å²) in [6.07, 6.45) is 3.70. The fourth-order valence-corrected chi connectivity index (χ4v) is 2.40. The van der Waals surface area contributed by atoms with Gasteiger partial charge in [0.2, 0.25) is 5.91 Å². The lowest BCUT2D eigenvalue weighted by Crippen LogP contribution is -2.32. The highest BCUT2D eigenvalue weighted by molar-refractivity contribution is 7.07. The van der Waals surface area contributed by atoms with E-state index >= 15 is 0 Å². The van der Waals surface area contributed by atoms with Crippen molar-refractivity contribution in [3.63, 3.8) is 0 Å². The first-order valence-corrected chi connectivity index (χ1v) is 7.32. The molecule has 0 unspecified atom stereocenters. The molecule has 0 fully saturated rings. The summed E-state index contributed by atoms with van der Waals surface area (Å²) >= 11 is 1.68. The van der Waals surface area contributed by atoms with Gasteiger partial charge in [-0.2, -0.15) is 11.3 Å². The highest BCUT2D eigenvalue weighted by Crippen LogP contribution is 2.09. The van der Waals surface area contributed by atoms with E-state index in [9.17, 15) is 4.79 Å². The number of hydrogen-bond acceptors (Lipinski definition) is 2. The molecule has 0 aliphatic carbocycles. The normalized spacial score (nSPS) is 12.7. The van der Waals surface area contributed by atoms with Crippen LogP contribution in [0.3, 0.4) is 0 Å². The quantitative estimate of drug-likeness (QED) is 0.790. The zero-order valence-electron chi connectivity index (χ0n) is 11.0. The molecule has 96 valence electrons. The van der Waals surface area contributed by atoms with E-state index in [0.717, 1.165) is 12.8 Å². The van der Waals surface area contributed by atoms with Crippen LogP contribution in [0.1, 0.15) is 45.6 Å². The summed E-state index contributed by atoms with van der Waals surface area (Å²) < 4.78 is 0. The Morgan fingerprint density at radius 2 is 2.12 bits per heavy atom. The SMILES string of the molecule is CC(C)CC[C@H](C)NC(=O)CCc1ccsc1. The topological polar surface area (TPSA) is 29.1 Å². The lowest BCUT2D eigenvalue weighted by Gasteiger charge is -2.14. The number of amides is 1. The maximum atomic E-state index is 11.7. The van der Waals surface area contributed by atoms with Gasteiger partial charge in [0.1, 0.15) is 0 Å². The molecule has 1 rings (SSSR count). The molecular weight excluding hydrogens is 230 g/mol. The molecule has 1 aromatic heterocycles. The van der Waals surface area contributed by atoms with Crippen LogP contribution in [0, 0.1) is 5.92 Å². The maximum Gasteiger partial charge on any atom is 0.220 e. The van der Waals surface area contributed by atoms with Crippen molar-refractivity contribution >= 4 is 17.2 Å². The van der Waals surface area contributed by atoms with E-state index in [0.29, 0.717) is 18.4 Å². The standard InChI is InChI=1S/C14H23NOS/c1-11(2)4-5-12(3)15-14(16)7-6-13-8-9-17-10-13/h8-12H,4-7H2,1-3H3,(H,15,16)/t12-/m0/s1. The molecule has 1 N–H and O–H groups in total. The second-order valence-corrected chi connectivity index (χ2v) is 5.85. The van der Waals surface area contributed by atoms with Gasteiger partial charge < -0.3 is 5.32 Å². The Kier molecular flexibility index (Phi) is 6.27. The second-order valence-electron chi connectivity index (χ2n) is 5.07. The van der Waals surface area contributed by atoms with Crippen molar-refractivity contribution in [3.05, 3.63) is 22.4 Å². The molecule has 0 aromatic carbocycles. The number of carbonyl (C=O) groups is 1. The summed E-state index contributed by atoms with van der Waals surface area (Å²) in [5, 5.41) is 7.22. The van der Waals surface area contributed by atoms with E-state index in [4.69, 9.17) is 0 Å². The van der Waals surface area contributed by atoms with E-state index in [1.54, 1.807) is 11.3 Å². The average Bonchev–Trinajstić information content (AvgIpc) is 2.76. The minimum atomic E-state index is 0.174. The van der Waals surface area contributed by atoms with Gasteiger partial charge in [-0.1, -0.05) is 13.8 Å². The Morgan fingerprint density at radius 1 is 1.35 bits per heavy atom. The highest BCUT2D eigenvalue weighted by atomic mass is 32.1. The Bertz CT molecular complexity index is 319. The van der Waals surface area contributed by atoms with Crippen LogP contribution in [0.2, 0.25) is 0 Å². The first-order valence-electron chi connectivity index (χ1n) is 6.38. The van der Waals surface area contributed by atoms with Gasteiger partial charge in [-0.05, 0) is 54.5 Å². The van der Waals surface area contributed by atoms with Crippen molar-refractivity contribution in [2.45, 2.75) is 52.5 Å². The van der Waals surface area contributed by atoms with Crippen molar-refractivity contribution in [3.8, 4) is 0 Å². The lowest BCUT2D eigenvalue weighted by atomic mass is 10.0. The molecule has 0 aliphatic rings. The Balaban J connectivity index is 2.16. The van der Waals surface area contributed by atoms with Crippen LogP contribution in [-0.4, -0.2) is 11.9 Å². The number of hydrogen-bond donors (Lipinski definition) is 1. The predicted octanol–water partition coefficient (Wildman–Crippen LogP) is 3.62. The van der Waals surface area contributed by atoms with E-state index in [2.05, 4.69) is 42.9 Å². The third-order valence-corrected chi connectivity index (χ3v) is 3.54. The van der Waals surface area contributed by atoms with E-state index in [-0.39, 0.29) is 5.91 Å². The van der Waals surface area contributed by atoms with Crippen molar-refractivity contribution < 1.29 is 4.79 Å². The summed E-state index contributed by atoms with van der Waals surface area (Å²) in [5.74, 6) is 0.882. The average molecular weight is 253 g/mol. The molecule has 2 nitrogen and oxygen atoms in total. The molecule has 0 aliphatic heterocycles. The number of carbonyl (C=O) groups excluding carboxylic acids is 1. The van der Waals surface area contributed by atoms with Crippen molar-refractivity contribution in [2.75, 3.05) is 0 Å². The summed E-state index contributed by atoms with van der Waals surface area (Å²) in [5.41, 5.74) is 1.26. The first kappa shape index (κ1) is 14.2. The third kappa shape index (κ3) is 6.47. The van der Waals surface area contributed by atoms with Crippen LogP contribution in [0.5, 0.6) is 0 Å². The van der Waals surface area contributed by atoms with Gasteiger partial charge in [-0.15, -0.1) is 0 Å². The zero-order chi connectivity index (χ0) is 12.7. The monoisotopic (exact) mass is 253 g/mol. The molecule has 1 aromatic rings. The molecule has 0 radical (unpaired) electrons. The predicted molar refractivity (Wildman–Crippen MR) is 74.3 cm³/mol. The number of rotatable bonds is 7. The van der Waals surface area contributed by atoms with Crippen LogP contribution < -0.4 is 5.32 Å². The van der Waals surface area contributed by atoms with Gasteiger partial charge in [0, 0.05) is 12.5 Å². The molecule has 1 atom stereocenters. The van der Waals surface area contributed by atoms with Gasteiger partial charge in [0.05, 0.1) is 0 Å². The Hall–Kier alpha value is -0.830. The molecule has 1 amide bonds. The molecule has 0 bridgehead atoms. The third-order valence-electron chi connectivity index (χ3n) is 2.81. The van der Waals surface area contributed by atoms with Crippen molar-refractivity contribution in [2.24, 2.45) is 5.92 Å². The van der Waals surface area contributed by atoms with E-state index in [1.165, 1.54) is 12.0 Å². The van der Waals surface area contributed by atoms with Gasteiger partial charge >= 0.3 is 0 Å². The minimum absolute atomic E-state index is 0.174. The fraction of sp³-hybridized carbons (Fsp3) is 0.643. The number of nitrogens with one attached hydrogen (secondary N) is 1. The van der Waals surface area contributed by atoms with Crippen LogP contribution in [-0.2, 0) is 11.2 Å². The number of thiophene rings is 1. The molecule has 0 spiro atoms. The smallest absolute Gasteiger partial charge is 0.220 e. The van der Waals surface area contributed by atoms with Crippen LogP contribution in [0.4, 0.5) is 0 Å². The lowest BCUT2D eigenvalue weighted by molar-refractivity contribution is -0.121. The molecule has 0 saturated heterocycles. The first-order chi connectivity index (χ1) is 8.08. The largest absolute Gasteiger partial charge is 0.354 e. The summed E-state index contributed by atoms with van der Waals surface area (Å²) in [4.78, 5) is 11.7. The maximum absolute atomic E-state index is 11.7. The summed E-state index contributed by atoms with van der Waals surface area (Å²) in [6.45, 7) is 6.51. The van der Waals surface area contributed by atoms with Crippen LogP contribution in [0.15, 0.2) is 16.8 Å². The fourth-order valence-electron chi connectivity index (χ4n) is 1.70. The molecular formula is C14H23NOS. The Morgan fingerprint density at radius 3 is 2.71 bits per heavy atom. The van der Waals surface area contributed by atoms with E-state index in [1.807, 2.05) is 0 Å². The van der Waals surface area contributed by atoms with Gasteiger partial charge in [-0.25, -0.2) is 0 Å². The number of aryl methyl sites for hydroxylation is 1. The van der Waals surface area contributed by atoms with Gasteiger partial charge in [0.15, 0.2) is 0 Å². The second kappa shape index (κ2) is 7.49.